The van der Waals surface area contributed by atoms with E-state index in [0.717, 1.165) is 11.1 Å². The molecular weight excluding hydrogens is 351 g/mol. The van der Waals surface area contributed by atoms with E-state index in [0.29, 0.717) is 15.6 Å². The van der Waals surface area contributed by atoms with Gasteiger partial charge in [-0.1, -0.05) is 77.8 Å². The molecule has 0 bridgehead atoms. The Labute approximate surface area is 167 Å². The first kappa shape index (κ1) is 19.0. The summed E-state index contributed by atoms with van der Waals surface area (Å²) in [7, 11) is 0. The molecule has 0 spiro atoms. The summed E-state index contributed by atoms with van der Waals surface area (Å²) in [6.07, 6.45) is 0. The Morgan fingerprint density at radius 2 is 1.08 bits per heavy atom. The van der Waals surface area contributed by atoms with Gasteiger partial charge in [0.05, 0.1) is 5.92 Å². The van der Waals surface area contributed by atoms with E-state index >= 15 is 0 Å². The molecule has 3 aromatic rings. The van der Waals surface area contributed by atoms with E-state index in [1.807, 2.05) is 54.6 Å². The molecule has 0 heterocycles. The molecule has 4 heteroatoms. The molecule has 0 saturated carbocycles. The van der Waals surface area contributed by atoms with Crippen molar-refractivity contribution in [1.29, 1.82) is 0 Å². The molecule has 0 aromatic heterocycles. The van der Waals surface area contributed by atoms with Gasteiger partial charge in [-0.3, -0.25) is 4.79 Å². The average molecular weight is 368 g/mol. The maximum absolute atomic E-state index is 13.0. The van der Waals surface area contributed by atoms with Crippen molar-refractivity contribution in [3.8, 4) is 0 Å². The zero-order chi connectivity index (χ0) is 16.2. The van der Waals surface area contributed by atoms with E-state index in [4.69, 9.17) is 23.2 Å². The molecule has 1 nitrogen and oxygen atoms in total. The number of halogens is 2. The van der Waals surface area contributed by atoms with Crippen LogP contribution in [0.1, 0.15) is 27.4 Å². The maximum Gasteiger partial charge on any atom is 0.316 e. The normalized spacial score (nSPS) is 10.3. The quantitative estimate of drug-likeness (QED) is 0.463. The largest absolute Gasteiger partial charge is 0.316 e. The highest BCUT2D eigenvalue weighted by molar-refractivity contribution is 6.30. The molecule has 0 fully saturated rings. The summed E-state index contributed by atoms with van der Waals surface area (Å²) < 4.78 is 0. The molecule has 0 unspecified atom stereocenters. The summed E-state index contributed by atoms with van der Waals surface area (Å²) >= 11 is 12.0. The summed E-state index contributed by atoms with van der Waals surface area (Å²) in [5.74, 6) is -0.331. The lowest BCUT2D eigenvalue weighted by atomic mass is 9.85. The van der Waals surface area contributed by atoms with E-state index in [1.165, 1.54) is 0 Å². The minimum atomic E-state index is -0.382. The molecule has 0 N–H and O–H groups in total. The van der Waals surface area contributed by atoms with Crippen molar-refractivity contribution in [3.05, 3.63) is 106 Å². The molecule has 0 aliphatic carbocycles. The summed E-state index contributed by atoms with van der Waals surface area (Å²) in [5, 5.41) is 1.30. The van der Waals surface area contributed by atoms with Gasteiger partial charge in [0.15, 0.2) is 5.78 Å². The second kappa shape index (κ2) is 8.68. The second-order valence-electron chi connectivity index (χ2n) is 5.27. The Morgan fingerprint density at radius 3 is 1.50 bits per heavy atom. The Kier molecular flexibility index (Phi) is 6.87. The molecule has 3 aromatic carbocycles. The monoisotopic (exact) mass is 366 g/mol. The fourth-order valence-corrected chi connectivity index (χ4v) is 2.83. The van der Waals surface area contributed by atoms with Crippen LogP contribution >= 0.6 is 23.2 Å². The fraction of sp³-hybridized carbons (Fsp3) is 0.0500. The number of carbonyl (C=O) groups excluding carboxylic acids is 1. The molecular formula is C20H16Cl2MgO. The standard InChI is InChI=1S/C20H14Cl2O.Mg.2H/c21-17-10-6-14(7-11-17)19(15-8-12-18(22)13-9-15)20(23)16-4-2-1-3-5-16;;;/h1-13,19H;;;. The van der Waals surface area contributed by atoms with Crippen LogP contribution in [-0.2, 0) is 0 Å². The third-order valence-corrected chi connectivity index (χ3v) is 4.23. The van der Waals surface area contributed by atoms with Crippen LogP contribution in [0.25, 0.3) is 0 Å². The number of Topliss-reactive ketones (excluding diaryl/α,β-unsaturated/α-hetero) is 1. The van der Waals surface area contributed by atoms with Crippen molar-refractivity contribution in [2.24, 2.45) is 0 Å². The first-order chi connectivity index (χ1) is 11.1. The zero-order valence-corrected chi connectivity index (χ0v) is 13.8. The Bertz CT molecular complexity index is 754. The highest BCUT2D eigenvalue weighted by Crippen LogP contribution is 2.30. The van der Waals surface area contributed by atoms with Crippen molar-refractivity contribution in [2.75, 3.05) is 0 Å². The SMILES string of the molecule is O=C(c1ccccc1)C(c1ccc(Cl)cc1)c1ccc(Cl)cc1.[MgH2]. The van der Waals surface area contributed by atoms with Crippen LogP contribution in [0.3, 0.4) is 0 Å². The van der Waals surface area contributed by atoms with E-state index in [9.17, 15) is 4.79 Å². The van der Waals surface area contributed by atoms with E-state index in [1.54, 1.807) is 24.3 Å². The summed E-state index contributed by atoms with van der Waals surface area (Å²) in [4.78, 5) is 13.0. The van der Waals surface area contributed by atoms with E-state index in [2.05, 4.69) is 0 Å². The number of rotatable bonds is 4. The number of hydrogen-bond acceptors (Lipinski definition) is 1. The number of hydrogen-bond donors (Lipinski definition) is 0. The number of benzene rings is 3. The summed E-state index contributed by atoms with van der Waals surface area (Å²) in [6.45, 7) is 0. The molecule has 3 rings (SSSR count). The van der Waals surface area contributed by atoms with Gasteiger partial charge in [0.25, 0.3) is 0 Å². The number of ketones is 1. The highest BCUT2D eigenvalue weighted by atomic mass is 35.5. The third kappa shape index (κ3) is 4.40. The van der Waals surface area contributed by atoms with Crippen LogP contribution in [0.15, 0.2) is 78.9 Å². The van der Waals surface area contributed by atoms with Crippen LogP contribution in [0.4, 0.5) is 0 Å². The van der Waals surface area contributed by atoms with Crippen molar-refractivity contribution >= 4 is 52.0 Å². The Balaban J connectivity index is 0.00000208. The van der Waals surface area contributed by atoms with Crippen LogP contribution < -0.4 is 0 Å². The lowest BCUT2D eigenvalue weighted by Crippen LogP contribution is -2.14. The van der Waals surface area contributed by atoms with Crippen molar-refractivity contribution in [2.45, 2.75) is 5.92 Å². The molecule has 118 valence electrons. The molecule has 24 heavy (non-hydrogen) atoms. The third-order valence-electron chi connectivity index (χ3n) is 3.73. The first-order valence-corrected chi connectivity index (χ1v) is 8.01. The van der Waals surface area contributed by atoms with Gasteiger partial charge < -0.3 is 0 Å². The van der Waals surface area contributed by atoms with Gasteiger partial charge >= 0.3 is 23.1 Å². The predicted octanol–water partition coefficient (Wildman–Crippen LogP) is 5.09. The second-order valence-corrected chi connectivity index (χ2v) is 6.14. The first-order valence-electron chi connectivity index (χ1n) is 7.25. The van der Waals surface area contributed by atoms with Gasteiger partial charge in [-0.05, 0) is 35.4 Å². The lowest BCUT2D eigenvalue weighted by Gasteiger charge is -2.17. The Hall–Kier alpha value is -1.32. The Morgan fingerprint density at radius 1 is 0.667 bits per heavy atom. The van der Waals surface area contributed by atoms with Crippen molar-refractivity contribution < 1.29 is 4.79 Å². The molecule has 0 aliphatic rings. The van der Waals surface area contributed by atoms with Crippen LogP contribution in [0.2, 0.25) is 10.0 Å². The van der Waals surface area contributed by atoms with Gasteiger partial charge in [-0.2, -0.15) is 0 Å². The van der Waals surface area contributed by atoms with E-state index < -0.39 is 0 Å². The molecule has 0 saturated heterocycles. The van der Waals surface area contributed by atoms with Gasteiger partial charge in [-0.15, -0.1) is 0 Å². The molecule has 0 aliphatic heterocycles. The fourth-order valence-electron chi connectivity index (χ4n) is 2.57. The van der Waals surface area contributed by atoms with E-state index in [-0.39, 0.29) is 34.8 Å². The minimum absolute atomic E-state index is 0. The van der Waals surface area contributed by atoms with Gasteiger partial charge in [0.2, 0.25) is 0 Å². The molecule has 0 amide bonds. The summed E-state index contributed by atoms with van der Waals surface area (Å²) in [6, 6.07) is 24.1. The molecule has 0 radical (unpaired) electrons. The van der Waals surface area contributed by atoms with Crippen LogP contribution in [0.5, 0.6) is 0 Å². The lowest BCUT2D eigenvalue weighted by molar-refractivity contribution is 0.0974. The number of carbonyl (C=O) groups is 1. The van der Waals surface area contributed by atoms with Gasteiger partial charge in [-0.25, -0.2) is 0 Å². The summed E-state index contributed by atoms with van der Waals surface area (Å²) in [5.41, 5.74) is 2.50. The highest BCUT2D eigenvalue weighted by Gasteiger charge is 2.23. The van der Waals surface area contributed by atoms with Crippen molar-refractivity contribution in [3.63, 3.8) is 0 Å². The van der Waals surface area contributed by atoms with Crippen LogP contribution in [-0.4, -0.2) is 28.8 Å². The smallest absolute Gasteiger partial charge is 0.293 e. The topological polar surface area (TPSA) is 17.1 Å². The maximum atomic E-state index is 13.0. The predicted molar refractivity (Wildman–Crippen MR) is 104 cm³/mol. The minimum Gasteiger partial charge on any atom is -0.293 e. The average Bonchev–Trinajstić information content (AvgIpc) is 2.59. The van der Waals surface area contributed by atoms with Crippen molar-refractivity contribution in [1.82, 2.24) is 0 Å². The van der Waals surface area contributed by atoms with Crippen LogP contribution in [0, 0.1) is 0 Å². The zero-order valence-electron chi connectivity index (χ0n) is 12.2. The van der Waals surface area contributed by atoms with Gasteiger partial charge in [0, 0.05) is 15.6 Å². The molecule has 0 atom stereocenters. The van der Waals surface area contributed by atoms with Gasteiger partial charge in [0.1, 0.15) is 0 Å².